The van der Waals surface area contributed by atoms with Gasteiger partial charge in [-0.2, -0.15) is 0 Å². The molecule has 1 unspecified atom stereocenters. The van der Waals surface area contributed by atoms with Crippen LogP contribution in [0.3, 0.4) is 0 Å². The summed E-state index contributed by atoms with van der Waals surface area (Å²) < 4.78 is 10.7. The molecule has 0 bridgehead atoms. The molecular weight excluding hydrogens is 510 g/mol. The minimum atomic E-state index is -0.712. The first-order valence-corrected chi connectivity index (χ1v) is 13.3. The Morgan fingerprint density at radius 2 is 1.77 bits per heavy atom. The predicted octanol–water partition coefficient (Wildman–Crippen LogP) is 4.01. The predicted molar refractivity (Wildman–Crippen MR) is 154 cm³/mol. The van der Waals surface area contributed by atoms with E-state index in [4.69, 9.17) is 15.2 Å². The number of nitrogens with two attached hydrogens (primary N) is 1. The number of hydrogen-bond donors (Lipinski definition) is 4. The topological polar surface area (TPSA) is 140 Å². The van der Waals surface area contributed by atoms with Gasteiger partial charge in [0.1, 0.15) is 23.1 Å². The second kappa shape index (κ2) is 14.6. The second-order valence-electron chi connectivity index (χ2n) is 9.38. The molecule has 3 aromatic rings. The molecule has 0 aromatic heterocycles. The highest BCUT2D eigenvalue weighted by molar-refractivity contribution is 5.98. The number of unbranched alkanes of at least 4 members (excludes halogenated alkanes) is 1. The van der Waals surface area contributed by atoms with E-state index in [1.165, 1.54) is 14.0 Å². The Labute approximate surface area is 234 Å². The zero-order chi connectivity index (χ0) is 29.1. The summed E-state index contributed by atoms with van der Waals surface area (Å²) in [6.45, 7) is 4.02. The Hall–Kier alpha value is -4.53. The van der Waals surface area contributed by atoms with E-state index in [2.05, 4.69) is 10.6 Å². The van der Waals surface area contributed by atoms with Crippen molar-refractivity contribution in [3.05, 3.63) is 77.4 Å². The van der Waals surface area contributed by atoms with Crippen LogP contribution in [0.4, 0.5) is 5.69 Å². The molecule has 5 N–H and O–H groups in total. The summed E-state index contributed by atoms with van der Waals surface area (Å²) in [6.07, 6.45) is 2.30. The number of anilines is 1. The molecule has 0 fully saturated rings. The van der Waals surface area contributed by atoms with Crippen LogP contribution in [0.2, 0.25) is 0 Å². The van der Waals surface area contributed by atoms with Crippen molar-refractivity contribution in [3.8, 4) is 22.6 Å². The van der Waals surface area contributed by atoms with Gasteiger partial charge in [0.2, 0.25) is 11.8 Å². The zero-order valence-electron chi connectivity index (χ0n) is 23.2. The van der Waals surface area contributed by atoms with Crippen molar-refractivity contribution in [1.29, 1.82) is 0 Å². The molecule has 212 valence electrons. The van der Waals surface area contributed by atoms with Crippen LogP contribution in [0.5, 0.6) is 11.5 Å². The molecule has 9 nitrogen and oxygen atoms in total. The van der Waals surface area contributed by atoms with Crippen LogP contribution in [-0.4, -0.2) is 49.2 Å². The van der Waals surface area contributed by atoms with Gasteiger partial charge in [0.05, 0.1) is 13.7 Å². The molecule has 0 radical (unpaired) electrons. The van der Waals surface area contributed by atoms with Gasteiger partial charge in [-0.15, -0.1) is 0 Å². The van der Waals surface area contributed by atoms with Gasteiger partial charge < -0.3 is 30.9 Å². The highest BCUT2D eigenvalue weighted by Crippen LogP contribution is 2.38. The molecule has 0 aliphatic carbocycles. The number of phenols is 1. The van der Waals surface area contributed by atoms with Crippen molar-refractivity contribution < 1.29 is 29.0 Å². The fourth-order valence-corrected chi connectivity index (χ4v) is 4.37. The highest BCUT2D eigenvalue weighted by atomic mass is 16.5. The largest absolute Gasteiger partial charge is 0.506 e. The van der Waals surface area contributed by atoms with Crippen molar-refractivity contribution in [3.63, 3.8) is 0 Å². The fourth-order valence-electron chi connectivity index (χ4n) is 4.37. The van der Waals surface area contributed by atoms with E-state index in [1.807, 2.05) is 55.5 Å². The minimum Gasteiger partial charge on any atom is -0.506 e. The van der Waals surface area contributed by atoms with E-state index < -0.39 is 12.0 Å². The third-order valence-corrected chi connectivity index (χ3v) is 6.46. The summed E-state index contributed by atoms with van der Waals surface area (Å²) in [5.41, 5.74) is 9.82. The number of nitrogen functional groups attached to an aromatic ring is 1. The van der Waals surface area contributed by atoms with Gasteiger partial charge in [0, 0.05) is 31.1 Å². The number of methoxy groups -OCH3 is 1. The first kappa shape index (κ1) is 30.0. The molecule has 0 aliphatic heterocycles. The molecule has 0 spiro atoms. The number of benzene rings is 3. The summed E-state index contributed by atoms with van der Waals surface area (Å²) in [5.74, 6) is -1.26. The summed E-state index contributed by atoms with van der Waals surface area (Å²) in [6, 6.07) is 17.5. The maximum Gasteiger partial charge on any atom is 0.345 e. The third kappa shape index (κ3) is 7.99. The summed E-state index contributed by atoms with van der Waals surface area (Å²) in [5, 5.41) is 16.4. The Kier molecular flexibility index (Phi) is 10.9. The van der Waals surface area contributed by atoms with E-state index in [0.29, 0.717) is 37.1 Å². The molecule has 2 amide bonds. The average Bonchev–Trinajstić information content (AvgIpc) is 2.95. The van der Waals surface area contributed by atoms with Gasteiger partial charge in [-0.3, -0.25) is 9.59 Å². The lowest BCUT2D eigenvalue weighted by Gasteiger charge is -2.18. The second-order valence-corrected chi connectivity index (χ2v) is 9.38. The number of aromatic hydroxyl groups is 1. The van der Waals surface area contributed by atoms with E-state index in [0.717, 1.165) is 23.1 Å². The number of carbonyl (C=O) groups is 3. The lowest BCUT2D eigenvalue weighted by molar-refractivity contribution is -0.128. The lowest BCUT2D eigenvalue weighted by Crippen LogP contribution is -2.47. The number of phenolic OH excluding ortho intramolecular Hbond substituents is 1. The highest BCUT2D eigenvalue weighted by Gasteiger charge is 2.23. The number of esters is 1. The molecule has 1 atom stereocenters. The molecule has 40 heavy (non-hydrogen) atoms. The van der Waals surface area contributed by atoms with Crippen molar-refractivity contribution in [2.24, 2.45) is 0 Å². The number of aryl methyl sites for hydroxylation is 1. The molecule has 0 aliphatic rings. The number of carbonyl (C=O) groups excluding carboxylic acids is 3. The van der Waals surface area contributed by atoms with E-state index >= 15 is 0 Å². The molecule has 0 heterocycles. The number of rotatable bonds is 13. The fraction of sp³-hybridized carbons (Fsp3) is 0.323. The summed E-state index contributed by atoms with van der Waals surface area (Å²) in [7, 11) is 1.24. The van der Waals surface area contributed by atoms with Gasteiger partial charge in [0.15, 0.2) is 0 Å². The standard InChI is InChI=1S/C31H37N3O6/c1-4-22-18-21(12-14-25(22)32)19-26(34-20(2)35)30(37)33-16-8-9-17-40-27-15-13-24(23-10-6-5-7-11-23)29(36)28(27)31(38)39-3/h5-7,10-15,18,26,36H,4,8-9,16-17,19,32H2,1-3H3,(H,33,37)(H,34,35). The van der Waals surface area contributed by atoms with Crippen molar-refractivity contribution in [2.75, 3.05) is 26.0 Å². The molecule has 9 heteroatoms. The Balaban J connectivity index is 1.55. The Morgan fingerprint density at radius 3 is 2.45 bits per heavy atom. The quantitative estimate of drug-likeness (QED) is 0.144. The van der Waals surface area contributed by atoms with Crippen LogP contribution in [0, 0.1) is 0 Å². The first-order chi connectivity index (χ1) is 19.2. The number of ether oxygens (including phenoxy) is 2. The molecule has 0 saturated heterocycles. The number of hydrogen-bond acceptors (Lipinski definition) is 7. The van der Waals surface area contributed by atoms with Gasteiger partial charge >= 0.3 is 5.97 Å². The van der Waals surface area contributed by atoms with Crippen molar-refractivity contribution in [1.82, 2.24) is 10.6 Å². The van der Waals surface area contributed by atoms with Crippen LogP contribution in [-0.2, 0) is 27.2 Å². The lowest BCUT2D eigenvalue weighted by atomic mass is 10.0. The number of nitrogens with one attached hydrogen (secondary N) is 2. The maximum absolute atomic E-state index is 12.8. The Morgan fingerprint density at radius 1 is 1.02 bits per heavy atom. The van der Waals surface area contributed by atoms with Crippen LogP contribution in [0.1, 0.15) is 48.2 Å². The van der Waals surface area contributed by atoms with Crippen LogP contribution in [0.25, 0.3) is 11.1 Å². The van der Waals surface area contributed by atoms with Gasteiger partial charge in [0.25, 0.3) is 0 Å². The monoisotopic (exact) mass is 547 g/mol. The van der Waals surface area contributed by atoms with Gasteiger partial charge in [-0.1, -0.05) is 49.4 Å². The number of amides is 2. The molecular formula is C31H37N3O6. The van der Waals surface area contributed by atoms with E-state index in [-0.39, 0.29) is 35.5 Å². The third-order valence-electron chi connectivity index (χ3n) is 6.46. The summed E-state index contributed by atoms with van der Waals surface area (Å²) in [4.78, 5) is 37.0. The average molecular weight is 548 g/mol. The van der Waals surface area contributed by atoms with E-state index in [9.17, 15) is 19.5 Å². The van der Waals surface area contributed by atoms with Crippen LogP contribution >= 0.6 is 0 Å². The van der Waals surface area contributed by atoms with Crippen molar-refractivity contribution >= 4 is 23.5 Å². The normalized spacial score (nSPS) is 11.4. The van der Waals surface area contributed by atoms with E-state index in [1.54, 1.807) is 12.1 Å². The smallest absolute Gasteiger partial charge is 0.345 e. The molecule has 0 saturated carbocycles. The zero-order valence-corrected chi connectivity index (χ0v) is 23.2. The first-order valence-electron chi connectivity index (χ1n) is 13.3. The molecule has 3 rings (SSSR count). The summed E-state index contributed by atoms with van der Waals surface area (Å²) >= 11 is 0. The minimum absolute atomic E-state index is 0.0378. The SMILES string of the molecule is CCc1cc(CC(NC(C)=O)C(=O)NCCCCOc2ccc(-c3ccccc3)c(O)c2C(=O)OC)ccc1N. The van der Waals surface area contributed by atoms with Crippen LogP contribution in [0.15, 0.2) is 60.7 Å². The van der Waals surface area contributed by atoms with Crippen LogP contribution < -0.4 is 21.1 Å². The maximum atomic E-state index is 12.8. The van der Waals surface area contributed by atoms with Gasteiger partial charge in [-0.25, -0.2) is 4.79 Å². The van der Waals surface area contributed by atoms with Crippen molar-refractivity contribution in [2.45, 2.75) is 45.6 Å². The Bertz CT molecular complexity index is 1330. The van der Waals surface area contributed by atoms with Gasteiger partial charge in [-0.05, 0) is 54.2 Å². The molecule has 3 aromatic carbocycles.